The molecule has 0 bridgehead atoms. The maximum atomic E-state index is 10.3. The Hall–Kier alpha value is -0.0700. The third-order valence-corrected chi connectivity index (χ3v) is 1.42. The monoisotopic (exact) mass is 254 g/mol. The van der Waals surface area contributed by atoms with E-state index in [1.165, 1.54) is 0 Å². The van der Waals surface area contributed by atoms with Crippen LogP contribution in [0, 0.1) is 0 Å². The van der Waals surface area contributed by atoms with Crippen LogP contribution in [0.4, 0.5) is 4.79 Å². The fourth-order valence-electron chi connectivity index (χ4n) is 0.848. The van der Waals surface area contributed by atoms with Crippen molar-refractivity contribution in [3.05, 3.63) is 0 Å². The number of hydrogen-bond acceptors (Lipinski definition) is 5. The van der Waals surface area contributed by atoms with Gasteiger partial charge in [0, 0.05) is 12.1 Å². The van der Waals surface area contributed by atoms with E-state index in [2.05, 4.69) is 63.4 Å². The average molecular weight is 254 g/mol. The molecule has 0 spiro atoms. The van der Waals surface area contributed by atoms with Gasteiger partial charge in [-0.3, -0.25) is 0 Å². The van der Waals surface area contributed by atoms with Crippen LogP contribution < -0.4 is 5.32 Å². The van der Waals surface area contributed by atoms with Gasteiger partial charge in [-0.25, -0.2) is 4.79 Å². The first-order valence-corrected chi connectivity index (χ1v) is 5.71. The zero-order valence-corrected chi connectivity index (χ0v) is 11.8. The largest absolute Gasteiger partial charge is 0.448 e. The smallest absolute Gasteiger partial charge is 0.429 e. The molecule has 0 saturated carbocycles. The molecule has 4 nitrogen and oxygen atoms in total. The first kappa shape index (κ1) is 17.3. The lowest BCUT2D eigenvalue weighted by atomic mass is 10.3. The maximum Gasteiger partial charge on any atom is 0.429 e. The van der Waals surface area contributed by atoms with E-state index >= 15 is 0 Å². The summed E-state index contributed by atoms with van der Waals surface area (Å²) in [4.78, 5) is 10.3. The minimum absolute atomic E-state index is 0.344. The van der Waals surface area contributed by atoms with Crippen LogP contribution >= 0.6 is 25.6 Å². The lowest BCUT2D eigenvalue weighted by molar-refractivity contribution is 0.148. The maximum absolute atomic E-state index is 10.3. The van der Waals surface area contributed by atoms with Gasteiger partial charge in [0.25, 0.3) is 0 Å². The fourth-order valence-corrected chi connectivity index (χ4v) is 0.963. The van der Waals surface area contributed by atoms with Crippen LogP contribution in [-0.2, 0) is 4.74 Å². The summed E-state index contributed by atoms with van der Waals surface area (Å²) in [6, 6.07) is 1.25. The molecule has 0 aliphatic carbocycles. The lowest BCUT2D eigenvalue weighted by Gasteiger charge is -2.10. The number of carbonyl (C=O) groups excluding carboxylic acids is 1. The van der Waals surface area contributed by atoms with E-state index in [4.69, 9.17) is 0 Å². The number of carbonyl (C=O) groups is 1. The fraction of sp³-hybridized carbons (Fsp3) is 0.889. The number of nitrogens with zero attached hydrogens (tertiary/aromatic N) is 1. The summed E-state index contributed by atoms with van der Waals surface area (Å²) in [7, 11) is 0. The molecule has 1 amide bonds. The zero-order chi connectivity index (χ0) is 12.4. The molecule has 0 aliphatic heterocycles. The van der Waals surface area contributed by atoms with E-state index in [1.807, 2.05) is 0 Å². The van der Waals surface area contributed by atoms with Crippen LogP contribution in [0.3, 0.4) is 0 Å². The van der Waals surface area contributed by atoms with Crippen molar-refractivity contribution in [1.82, 2.24) is 9.03 Å². The predicted octanol–water partition coefficient (Wildman–Crippen LogP) is 2.53. The Morgan fingerprint density at radius 2 is 1.67 bits per heavy atom. The van der Waals surface area contributed by atoms with E-state index < -0.39 is 6.09 Å². The minimum Gasteiger partial charge on any atom is -0.448 e. The Bertz CT molecular complexity index is 158. The minimum atomic E-state index is -0.556. The van der Waals surface area contributed by atoms with Crippen LogP contribution in [0.2, 0.25) is 0 Å². The van der Waals surface area contributed by atoms with Crippen molar-refractivity contribution in [2.24, 2.45) is 0 Å². The van der Waals surface area contributed by atoms with Gasteiger partial charge in [0.1, 0.15) is 0 Å². The van der Waals surface area contributed by atoms with Gasteiger partial charge < -0.3 is 10.1 Å². The van der Waals surface area contributed by atoms with E-state index in [-0.39, 0.29) is 0 Å². The number of nitrogens with one attached hydrogen (secondary N) is 1. The van der Waals surface area contributed by atoms with Gasteiger partial charge >= 0.3 is 6.09 Å². The molecule has 0 aromatic heterocycles. The summed E-state index contributed by atoms with van der Waals surface area (Å²) < 4.78 is 5.22. The summed E-state index contributed by atoms with van der Waals surface area (Å²) in [6.45, 7) is 10.7. The Balaban J connectivity index is 0. The molecule has 0 unspecified atom stereocenters. The first-order valence-electron chi connectivity index (χ1n) is 4.91. The van der Waals surface area contributed by atoms with Crippen molar-refractivity contribution in [3.8, 4) is 0 Å². The molecule has 1 N–H and O–H groups in total. The molecule has 92 valence electrons. The van der Waals surface area contributed by atoms with E-state index in [0.717, 1.165) is 3.71 Å². The van der Waals surface area contributed by atoms with Gasteiger partial charge in [0.15, 0.2) is 0 Å². The summed E-state index contributed by atoms with van der Waals surface area (Å²) in [5, 5.41) is 3.31. The van der Waals surface area contributed by atoms with Crippen LogP contribution in [0.5, 0.6) is 0 Å². The van der Waals surface area contributed by atoms with Gasteiger partial charge in [-0.15, -0.1) is 0 Å². The summed E-state index contributed by atoms with van der Waals surface area (Å²) in [6.07, 6.45) is -0.556. The average Bonchev–Trinajstić information content (AvgIpc) is 2.02. The second-order valence-electron chi connectivity index (χ2n) is 3.46. The zero-order valence-electron chi connectivity index (χ0n) is 10.0. The summed E-state index contributed by atoms with van der Waals surface area (Å²) in [5.74, 6) is 0. The normalized spacial score (nSPS) is 9.67. The summed E-state index contributed by atoms with van der Waals surface area (Å²) >= 11 is 7.10. The molecular weight excluding hydrogens is 232 g/mol. The summed E-state index contributed by atoms with van der Waals surface area (Å²) in [5.41, 5.74) is 0. The molecule has 0 atom stereocenters. The van der Waals surface area contributed by atoms with Crippen molar-refractivity contribution < 1.29 is 9.53 Å². The topological polar surface area (TPSA) is 41.6 Å². The number of hydrogen-bond donors (Lipinski definition) is 3. The molecule has 6 heteroatoms. The highest BCUT2D eigenvalue weighted by atomic mass is 32.2. The van der Waals surface area contributed by atoms with Gasteiger partial charge in [-0.05, 0) is 32.6 Å². The van der Waals surface area contributed by atoms with Crippen molar-refractivity contribution in [2.45, 2.75) is 46.7 Å². The molecule has 0 aromatic rings. The molecule has 15 heavy (non-hydrogen) atoms. The first-order chi connectivity index (χ1) is 6.81. The van der Waals surface area contributed by atoms with E-state index in [1.54, 1.807) is 6.92 Å². The SMILES string of the molecule is CC(C)NC(C)C.CCOC(=O)N(S)S. The number of thiol groups is 2. The van der Waals surface area contributed by atoms with E-state index in [9.17, 15) is 4.79 Å². The highest BCUT2D eigenvalue weighted by molar-refractivity contribution is 7.94. The third-order valence-electron chi connectivity index (χ3n) is 1.10. The van der Waals surface area contributed by atoms with Gasteiger partial charge in [-0.1, -0.05) is 27.7 Å². The van der Waals surface area contributed by atoms with Crippen molar-refractivity contribution in [3.63, 3.8) is 0 Å². The Morgan fingerprint density at radius 1 is 1.27 bits per heavy atom. The lowest BCUT2D eigenvalue weighted by Crippen LogP contribution is -2.29. The van der Waals surface area contributed by atoms with Crippen molar-refractivity contribution in [1.29, 1.82) is 0 Å². The third kappa shape index (κ3) is 16.6. The molecule has 0 aromatic carbocycles. The molecule has 0 saturated heterocycles. The number of amides is 1. The molecule has 0 fully saturated rings. The van der Waals surface area contributed by atoms with Crippen LogP contribution in [-0.4, -0.2) is 28.5 Å². The Labute approximate surface area is 104 Å². The van der Waals surface area contributed by atoms with Gasteiger partial charge in [0.05, 0.1) is 6.61 Å². The van der Waals surface area contributed by atoms with Crippen molar-refractivity contribution in [2.75, 3.05) is 6.61 Å². The van der Waals surface area contributed by atoms with Crippen LogP contribution in [0.1, 0.15) is 34.6 Å². The number of rotatable bonds is 3. The van der Waals surface area contributed by atoms with Gasteiger partial charge in [0.2, 0.25) is 0 Å². The second kappa shape index (κ2) is 10.4. The molecule has 0 heterocycles. The second-order valence-corrected chi connectivity index (χ2v) is 4.58. The van der Waals surface area contributed by atoms with E-state index in [0.29, 0.717) is 18.7 Å². The molecule has 0 radical (unpaired) electrons. The predicted molar refractivity (Wildman–Crippen MR) is 70.2 cm³/mol. The van der Waals surface area contributed by atoms with Crippen molar-refractivity contribution >= 4 is 31.7 Å². The van der Waals surface area contributed by atoms with Gasteiger partial charge in [-0.2, -0.15) is 3.71 Å². The van der Waals surface area contributed by atoms with Crippen LogP contribution in [0.25, 0.3) is 0 Å². The Kier molecular flexibility index (Phi) is 12.1. The molecule has 0 aliphatic rings. The highest BCUT2D eigenvalue weighted by Crippen LogP contribution is 1.99. The Morgan fingerprint density at radius 3 is 1.73 bits per heavy atom. The standard InChI is InChI=1S/C6H15N.C3H7NO2S2/c1-5(2)7-6(3)4;1-2-6-3(5)4(7)8/h5-7H,1-4H3;7-8H,2H2,1H3. The van der Waals surface area contributed by atoms with Crippen LogP contribution in [0.15, 0.2) is 0 Å². The highest BCUT2D eigenvalue weighted by Gasteiger charge is 2.02. The molecule has 0 rings (SSSR count). The molecular formula is C9H22N2O2S2. The number of ether oxygens (including phenoxy) is 1. The quantitative estimate of drug-likeness (QED) is 0.678.